The van der Waals surface area contributed by atoms with Gasteiger partial charge in [0, 0.05) is 6.54 Å². The van der Waals surface area contributed by atoms with Crippen LogP contribution in [0.15, 0.2) is 0 Å². The molecule has 1 saturated heterocycles. The van der Waals surface area contributed by atoms with Crippen molar-refractivity contribution in [2.24, 2.45) is 11.7 Å². The van der Waals surface area contributed by atoms with Crippen LogP contribution in [0, 0.1) is 5.92 Å². The lowest BCUT2D eigenvalue weighted by atomic mass is 10.0. The van der Waals surface area contributed by atoms with Crippen LogP contribution in [-0.4, -0.2) is 18.8 Å². The zero-order chi connectivity index (χ0) is 6.32. The number of hydrogen-bond donors (Lipinski definition) is 1. The fourth-order valence-electron chi connectivity index (χ4n) is 2.01. The molecule has 2 aliphatic rings. The zero-order valence-corrected chi connectivity index (χ0v) is 5.60. The van der Waals surface area contributed by atoms with Gasteiger partial charge < -0.3 is 10.5 Å². The van der Waals surface area contributed by atoms with Gasteiger partial charge in [0.2, 0.25) is 0 Å². The topological polar surface area (TPSA) is 35.2 Å². The van der Waals surface area contributed by atoms with E-state index in [0.29, 0.717) is 0 Å². The van der Waals surface area contributed by atoms with E-state index in [1.807, 2.05) is 0 Å². The van der Waals surface area contributed by atoms with Crippen LogP contribution in [0.5, 0.6) is 0 Å². The summed E-state index contributed by atoms with van der Waals surface area (Å²) in [6.45, 7) is 1.70. The molecule has 2 fully saturated rings. The lowest BCUT2D eigenvalue weighted by Gasteiger charge is -2.24. The van der Waals surface area contributed by atoms with Crippen LogP contribution in [0.25, 0.3) is 0 Å². The summed E-state index contributed by atoms with van der Waals surface area (Å²) in [4.78, 5) is 0. The molecule has 1 aliphatic heterocycles. The molecule has 1 aliphatic carbocycles. The second-order valence-electron chi connectivity index (χ2n) is 3.31. The molecule has 2 heteroatoms. The Morgan fingerprint density at radius 3 is 2.78 bits per heavy atom. The molecule has 1 saturated carbocycles. The third-order valence-corrected chi connectivity index (χ3v) is 2.67. The van der Waals surface area contributed by atoms with E-state index in [-0.39, 0.29) is 5.60 Å². The molecular formula is C7H13NO. The van der Waals surface area contributed by atoms with E-state index < -0.39 is 0 Å². The molecule has 0 radical (unpaired) electrons. The lowest BCUT2D eigenvalue weighted by Crippen LogP contribution is -2.35. The third kappa shape index (κ3) is 0.700. The van der Waals surface area contributed by atoms with Crippen LogP contribution in [0.1, 0.15) is 19.3 Å². The van der Waals surface area contributed by atoms with Crippen LogP contribution in [0.2, 0.25) is 0 Å². The maximum atomic E-state index is 5.58. The molecule has 0 aromatic rings. The zero-order valence-electron chi connectivity index (χ0n) is 5.60. The summed E-state index contributed by atoms with van der Waals surface area (Å²) >= 11 is 0. The highest BCUT2D eigenvalue weighted by molar-refractivity contribution is 4.96. The predicted octanol–water partition coefficient (Wildman–Crippen LogP) is 0.514. The molecule has 2 bridgehead atoms. The fraction of sp³-hybridized carbons (Fsp3) is 1.00. The molecule has 0 amide bonds. The summed E-state index contributed by atoms with van der Waals surface area (Å²) in [6, 6.07) is 0. The third-order valence-electron chi connectivity index (χ3n) is 2.67. The second kappa shape index (κ2) is 1.70. The fourth-order valence-corrected chi connectivity index (χ4v) is 2.01. The lowest BCUT2D eigenvalue weighted by molar-refractivity contribution is -0.00952. The van der Waals surface area contributed by atoms with Crippen LogP contribution in [-0.2, 0) is 4.74 Å². The Bertz CT molecular complexity index is 116. The normalized spacial score (nSPS) is 48.3. The van der Waals surface area contributed by atoms with Gasteiger partial charge in [-0.3, -0.25) is 0 Å². The number of ether oxygens (including phenoxy) is 1. The highest BCUT2D eigenvalue weighted by Crippen LogP contribution is 2.43. The van der Waals surface area contributed by atoms with E-state index in [1.165, 1.54) is 19.3 Å². The van der Waals surface area contributed by atoms with Gasteiger partial charge in [-0.25, -0.2) is 0 Å². The van der Waals surface area contributed by atoms with Crippen molar-refractivity contribution < 1.29 is 4.74 Å². The van der Waals surface area contributed by atoms with Gasteiger partial charge in [0.05, 0.1) is 12.2 Å². The summed E-state index contributed by atoms with van der Waals surface area (Å²) in [5.74, 6) is 0.841. The highest BCUT2D eigenvalue weighted by Gasteiger charge is 2.44. The van der Waals surface area contributed by atoms with Crippen molar-refractivity contribution >= 4 is 0 Å². The Morgan fingerprint density at radius 1 is 1.67 bits per heavy atom. The second-order valence-corrected chi connectivity index (χ2v) is 3.31. The largest absolute Gasteiger partial charge is 0.373 e. The number of nitrogens with two attached hydrogens (primary N) is 1. The molecule has 1 heterocycles. The highest BCUT2D eigenvalue weighted by atomic mass is 16.5. The van der Waals surface area contributed by atoms with Gasteiger partial charge in [-0.2, -0.15) is 0 Å². The van der Waals surface area contributed by atoms with Gasteiger partial charge in [-0.05, 0) is 25.2 Å². The van der Waals surface area contributed by atoms with Crippen LogP contribution < -0.4 is 5.73 Å². The number of fused-ring (bicyclic) bond motifs is 2. The average molecular weight is 127 g/mol. The van der Waals surface area contributed by atoms with E-state index in [1.54, 1.807) is 0 Å². The summed E-state index contributed by atoms with van der Waals surface area (Å²) in [7, 11) is 0. The first-order chi connectivity index (χ1) is 4.35. The summed E-state index contributed by atoms with van der Waals surface area (Å²) in [6.07, 6.45) is 3.77. The van der Waals surface area contributed by atoms with Crippen molar-refractivity contribution in [1.29, 1.82) is 0 Å². The minimum atomic E-state index is 0.130. The van der Waals surface area contributed by atoms with Crippen molar-refractivity contribution in [3.8, 4) is 0 Å². The molecule has 2 nitrogen and oxygen atoms in total. The predicted molar refractivity (Wildman–Crippen MR) is 35.1 cm³/mol. The molecule has 52 valence electrons. The quantitative estimate of drug-likeness (QED) is 0.557. The molecule has 2 unspecified atom stereocenters. The molecule has 0 aromatic carbocycles. The van der Waals surface area contributed by atoms with Gasteiger partial charge in [0.1, 0.15) is 0 Å². The van der Waals surface area contributed by atoms with E-state index in [2.05, 4.69) is 0 Å². The Morgan fingerprint density at radius 2 is 2.56 bits per heavy atom. The van der Waals surface area contributed by atoms with Gasteiger partial charge in [-0.15, -0.1) is 0 Å². The molecule has 2 N–H and O–H groups in total. The maximum Gasteiger partial charge on any atom is 0.0807 e. The Balaban J connectivity index is 2.13. The minimum absolute atomic E-state index is 0.130. The molecule has 0 spiro atoms. The molecular weight excluding hydrogens is 114 g/mol. The Kier molecular flexibility index (Phi) is 1.08. The minimum Gasteiger partial charge on any atom is -0.373 e. The van der Waals surface area contributed by atoms with E-state index >= 15 is 0 Å². The average Bonchev–Trinajstić information content (AvgIpc) is 2.46. The van der Waals surface area contributed by atoms with Gasteiger partial charge in [0.15, 0.2) is 0 Å². The first-order valence-corrected chi connectivity index (χ1v) is 3.69. The van der Waals surface area contributed by atoms with Crippen LogP contribution in [0.3, 0.4) is 0 Å². The monoisotopic (exact) mass is 127 g/mol. The smallest absolute Gasteiger partial charge is 0.0807 e. The van der Waals surface area contributed by atoms with Crippen molar-refractivity contribution in [2.45, 2.75) is 24.9 Å². The summed E-state index contributed by atoms with van der Waals surface area (Å²) in [5.41, 5.74) is 5.71. The van der Waals surface area contributed by atoms with Gasteiger partial charge in [0.25, 0.3) is 0 Å². The van der Waals surface area contributed by atoms with E-state index in [4.69, 9.17) is 10.5 Å². The first kappa shape index (κ1) is 5.69. The van der Waals surface area contributed by atoms with Crippen LogP contribution >= 0.6 is 0 Å². The molecule has 2 rings (SSSR count). The molecule has 2 atom stereocenters. The summed E-state index contributed by atoms with van der Waals surface area (Å²) < 4.78 is 5.56. The van der Waals surface area contributed by atoms with Gasteiger partial charge >= 0.3 is 0 Å². The molecule has 9 heavy (non-hydrogen) atoms. The van der Waals surface area contributed by atoms with Crippen LogP contribution in [0.4, 0.5) is 0 Å². The Hall–Kier alpha value is -0.0800. The van der Waals surface area contributed by atoms with E-state index in [9.17, 15) is 0 Å². The SMILES string of the molecule is NCC12CCC(CO1)C2. The standard InChI is InChI=1S/C7H13NO/c8-5-7-2-1-6(3-7)4-9-7/h6H,1-5,8H2. The summed E-state index contributed by atoms with van der Waals surface area (Å²) in [5, 5.41) is 0. The number of rotatable bonds is 1. The number of hydrogen-bond acceptors (Lipinski definition) is 2. The molecule has 0 aromatic heterocycles. The first-order valence-electron chi connectivity index (χ1n) is 3.69. The van der Waals surface area contributed by atoms with Crippen molar-refractivity contribution in [3.63, 3.8) is 0 Å². The van der Waals surface area contributed by atoms with Crippen molar-refractivity contribution in [1.82, 2.24) is 0 Å². The Labute approximate surface area is 55.4 Å². The van der Waals surface area contributed by atoms with Crippen molar-refractivity contribution in [2.75, 3.05) is 13.2 Å². The van der Waals surface area contributed by atoms with E-state index in [0.717, 1.165) is 19.1 Å². The maximum absolute atomic E-state index is 5.58. The van der Waals surface area contributed by atoms with Gasteiger partial charge in [-0.1, -0.05) is 0 Å². The van der Waals surface area contributed by atoms with Crippen molar-refractivity contribution in [3.05, 3.63) is 0 Å².